The predicted molar refractivity (Wildman–Crippen MR) is 58.9 cm³/mol. The Morgan fingerprint density at radius 1 is 1.36 bits per heavy atom. The summed E-state index contributed by atoms with van der Waals surface area (Å²) in [5, 5.41) is 6.24. The topological polar surface area (TPSA) is 24.9 Å². The summed E-state index contributed by atoms with van der Waals surface area (Å²) in [6.45, 7) is 0.982. The molecule has 3 rings (SSSR count). The molecular weight excluding hydrogens is 196 g/mol. The average molecular weight is 205 g/mol. The van der Waals surface area contributed by atoms with Crippen LogP contribution in [0.4, 0.5) is 5.69 Å². The first kappa shape index (κ1) is 8.06. The van der Waals surface area contributed by atoms with Crippen LogP contribution in [0.2, 0.25) is 5.15 Å². The number of anilines is 1. The van der Waals surface area contributed by atoms with Crippen LogP contribution in [0.15, 0.2) is 24.4 Å². The molecule has 0 amide bonds. The Hall–Kier alpha value is -1.28. The molecule has 1 N–H and O–H groups in total. The SMILES string of the molecule is Clc1ncc2c3c(cccc13)NCC2. The fourth-order valence-electron chi connectivity index (χ4n) is 2.01. The highest BCUT2D eigenvalue weighted by Crippen LogP contribution is 2.33. The molecule has 2 heterocycles. The zero-order chi connectivity index (χ0) is 9.54. The van der Waals surface area contributed by atoms with Crippen LogP contribution in [0.1, 0.15) is 5.56 Å². The molecular formula is C11H9ClN2. The second-order valence-electron chi connectivity index (χ2n) is 3.48. The van der Waals surface area contributed by atoms with E-state index in [0.717, 1.165) is 18.4 Å². The molecule has 0 radical (unpaired) electrons. The molecule has 0 spiro atoms. The number of nitrogens with one attached hydrogen (secondary N) is 1. The van der Waals surface area contributed by atoms with E-state index in [1.807, 2.05) is 18.3 Å². The molecule has 3 heteroatoms. The van der Waals surface area contributed by atoms with Gasteiger partial charge in [0.1, 0.15) is 5.15 Å². The van der Waals surface area contributed by atoms with Gasteiger partial charge in [0.05, 0.1) is 0 Å². The number of hydrogen-bond donors (Lipinski definition) is 1. The minimum absolute atomic E-state index is 0.592. The van der Waals surface area contributed by atoms with Crippen LogP contribution < -0.4 is 5.32 Å². The highest BCUT2D eigenvalue weighted by atomic mass is 35.5. The van der Waals surface area contributed by atoms with Gasteiger partial charge in [-0.15, -0.1) is 0 Å². The predicted octanol–water partition coefficient (Wildman–Crippen LogP) is 2.86. The van der Waals surface area contributed by atoms with Gasteiger partial charge < -0.3 is 5.32 Å². The van der Waals surface area contributed by atoms with Crippen LogP contribution in [-0.2, 0) is 6.42 Å². The van der Waals surface area contributed by atoms with Gasteiger partial charge in [-0.2, -0.15) is 0 Å². The van der Waals surface area contributed by atoms with Crippen LogP contribution in [0.3, 0.4) is 0 Å². The van der Waals surface area contributed by atoms with Crippen molar-refractivity contribution in [2.45, 2.75) is 6.42 Å². The van der Waals surface area contributed by atoms with E-state index in [1.54, 1.807) is 0 Å². The third kappa shape index (κ3) is 1.01. The van der Waals surface area contributed by atoms with E-state index < -0.39 is 0 Å². The fraction of sp³-hybridized carbons (Fsp3) is 0.182. The molecule has 0 unspecified atom stereocenters. The Labute approximate surface area is 86.9 Å². The highest BCUT2D eigenvalue weighted by Gasteiger charge is 2.13. The van der Waals surface area contributed by atoms with E-state index in [4.69, 9.17) is 11.6 Å². The maximum absolute atomic E-state index is 6.04. The third-order valence-electron chi connectivity index (χ3n) is 2.65. The lowest BCUT2D eigenvalue weighted by Crippen LogP contribution is -2.11. The molecule has 0 atom stereocenters. The summed E-state index contributed by atoms with van der Waals surface area (Å²) >= 11 is 6.04. The smallest absolute Gasteiger partial charge is 0.136 e. The van der Waals surface area contributed by atoms with Crippen molar-refractivity contribution in [1.82, 2.24) is 4.98 Å². The summed E-state index contributed by atoms with van der Waals surface area (Å²) in [6, 6.07) is 6.11. The Kier molecular flexibility index (Phi) is 1.64. The number of benzene rings is 1. The molecule has 14 heavy (non-hydrogen) atoms. The zero-order valence-corrected chi connectivity index (χ0v) is 8.30. The van der Waals surface area contributed by atoms with Gasteiger partial charge in [0.2, 0.25) is 0 Å². The highest BCUT2D eigenvalue weighted by molar-refractivity contribution is 6.34. The van der Waals surface area contributed by atoms with Crippen LogP contribution in [0.25, 0.3) is 10.8 Å². The number of aromatic nitrogens is 1. The lowest BCUT2D eigenvalue weighted by Gasteiger charge is -2.18. The lowest BCUT2D eigenvalue weighted by atomic mass is 10.0. The number of nitrogens with zero attached hydrogens (tertiary/aromatic N) is 1. The first-order valence-electron chi connectivity index (χ1n) is 4.66. The van der Waals surface area contributed by atoms with E-state index in [1.165, 1.54) is 16.6 Å². The molecule has 0 saturated carbocycles. The van der Waals surface area contributed by atoms with Crippen LogP contribution in [0.5, 0.6) is 0 Å². The van der Waals surface area contributed by atoms with Crippen molar-refractivity contribution in [3.8, 4) is 0 Å². The summed E-state index contributed by atoms with van der Waals surface area (Å²) in [5.41, 5.74) is 2.46. The fourth-order valence-corrected chi connectivity index (χ4v) is 2.21. The van der Waals surface area contributed by atoms with Crippen LogP contribution in [-0.4, -0.2) is 11.5 Å². The van der Waals surface area contributed by atoms with Gasteiger partial charge in [-0.25, -0.2) is 4.98 Å². The zero-order valence-electron chi connectivity index (χ0n) is 7.55. The van der Waals surface area contributed by atoms with Gasteiger partial charge in [0, 0.05) is 29.2 Å². The van der Waals surface area contributed by atoms with Crippen molar-refractivity contribution >= 4 is 28.1 Å². The number of halogens is 1. The quantitative estimate of drug-likeness (QED) is 0.668. The van der Waals surface area contributed by atoms with Gasteiger partial charge in [0.25, 0.3) is 0 Å². The van der Waals surface area contributed by atoms with Crippen LogP contribution >= 0.6 is 11.6 Å². The van der Waals surface area contributed by atoms with Gasteiger partial charge >= 0.3 is 0 Å². The molecule has 1 aromatic carbocycles. The standard InChI is InChI=1S/C11H9ClN2/c12-11-8-2-1-3-9-10(8)7(6-14-11)4-5-13-9/h1-3,6,13H,4-5H2. The second-order valence-corrected chi connectivity index (χ2v) is 3.84. The molecule has 0 aliphatic carbocycles. The molecule has 1 aliphatic heterocycles. The Bertz CT molecular complexity index is 498. The Balaban J connectivity index is 2.51. The van der Waals surface area contributed by atoms with Gasteiger partial charge in [-0.05, 0) is 18.1 Å². The Morgan fingerprint density at radius 3 is 3.21 bits per heavy atom. The van der Waals surface area contributed by atoms with Crippen LogP contribution in [0, 0.1) is 0 Å². The van der Waals surface area contributed by atoms with Gasteiger partial charge in [0.15, 0.2) is 0 Å². The molecule has 70 valence electrons. The second kappa shape index (κ2) is 2.85. The summed E-state index contributed by atoms with van der Waals surface area (Å²) < 4.78 is 0. The van der Waals surface area contributed by atoms with Crippen molar-refractivity contribution in [1.29, 1.82) is 0 Å². The van der Waals surface area contributed by atoms with Gasteiger partial charge in [-0.3, -0.25) is 0 Å². The molecule has 0 saturated heterocycles. The monoisotopic (exact) mass is 204 g/mol. The summed E-state index contributed by atoms with van der Waals surface area (Å²) in [7, 11) is 0. The normalized spacial score (nSPS) is 14.1. The summed E-state index contributed by atoms with van der Waals surface area (Å²) in [4.78, 5) is 4.19. The molecule has 1 aromatic heterocycles. The first-order chi connectivity index (χ1) is 6.86. The molecule has 2 aromatic rings. The van der Waals surface area contributed by atoms with Crippen molar-refractivity contribution < 1.29 is 0 Å². The van der Waals surface area contributed by atoms with E-state index in [-0.39, 0.29) is 0 Å². The van der Waals surface area contributed by atoms with Crippen molar-refractivity contribution in [2.24, 2.45) is 0 Å². The largest absolute Gasteiger partial charge is 0.384 e. The molecule has 2 nitrogen and oxygen atoms in total. The Morgan fingerprint density at radius 2 is 2.29 bits per heavy atom. The average Bonchev–Trinajstić information content (AvgIpc) is 2.24. The van der Waals surface area contributed by atoms with E-state index in [0.29, 0.717) is 5.15 Å². The number of hydrogen-bond acceptors (Lipinski definition) is 2. The number of pyridine rings is 1. The summed E-state index contributed by atoms with van der Waals surface area (Å²) in [5.74, 6) is 0. The maximum Gasteiger partial charge on any atom is 0.136 e. The van der Waals surface area contributed by atoms with Crippen molar-refractivity contribution in [3.05, 3.63) is 35.1 Å². The minimum atomic E-state index is 0.592. The lowest BCUT2D eigenvalue weighted by molar-refractivity contribution is 1.000. The van der Waals surface area contributed by atoms with Crippen molar-refractivity contribution in [3.63, 3.8) is 0 Å². The maximum atomic E-state index is 6.04. The minimum Gasteiger partial charge on any atom is -0.384 e. The third-order valence-corrected chi connectivity index (χ3v) is 2.95. The first-order valence-corrected chi connectivity index (χ1v) is 5.04. The van der Waals surface area contributed by atoms with E-state index in [2.05, 4.69) is 16.4 Å². The van der Waals surface area contributed by atoms with E-state index in [9.17, 15) is 0 Å². The molecule has 0 fully saturated rings. The molecule has 0 bridgehead atoms. The molecule has 1 aliphatic rings. The van der Waals surface area contributed by atoms with Crippen molar-refractivity contribution in [2.75, 3.05) is 11.9 Å². The summed E-state index contributed by atoms with van der Waals surface area (Å²) in [6.07, 6.45) is 2.91. The van der Waals surface area contributed by atoms with E-state index >= 15 is 0 Å². The number of rotatable bonds is 0. The van der Waals surface area contributed by atoms with Gasteiger partial charge in [-0.1, -0.05) is 23.7 Å².